The first-order chi connectivity index (χ1) is 2.64. The molecule has 4 heteroatoms. The van der Waals surface area contributed by atoms with Crippen LogP contribution in [0.25, 0.3) is 0 Å². The zero-order valence-electron chi connectivity index (χ0n) is 2.67. The second kappa shape index (κ2) is 1.40. The lowest BCUT2D eigenvalue weighted by atomic mass is 10.7. The normalized spacial score (nSPS) is 7.33. The van der Waals surface area contributed by atoms with Gasteiger partial charge in [0, 0.05) is 0 Å². The number of carbonyl (C=O) groups is 1. The highest BCUT2D eigenvalue weighted by Gasteiger charge is 2.25. The molecule has 32 valence electrons. The third-order valence-electron chi connectivity index (χ3n) is 0.175. The number of hydrogen-bond acceptors (Lipinski definition) is 1. The summed E-state index contributed by atoms with van der Waals surface area (Å²) in [5, 5.41) is 18.0. The molecule has 0 heterocycles. The second-order valence-electron chi connectivity index (χ2n) is 0.593. The molecule has 0 atom stereocenters. The van der Waals surface area contributed by atoms with Crippen molar-refractivity contribution in [1.29, 1.82) is 0 Å². The van der Waals surface area contributed by atoms with Crippen molar-refractivity contribution in [1.82, 2.24) is 0 Å². The molecule has 1 N–H and O–H groups in total. The lowest BCUT2D eigenvalue weighted by molar-refractivity contribution is -0.137. The summed E-state index contributed by atoms with van der Waals surface area (Å²) in [7, 11) is 0. The largest absolute Gasteiger partial charge is 0.688 e. The van der Waals surface area contributed by atoms with Gasteiger partial charge in [0.15, 0.2) is 0 Å². The van der Waals surface area contributed by atoms with Crippen LogP contribution in [0.4, 0.5) is 0 Å². The molecule has 0 amide bonds. The molecule has 4 nitrogen and oxygen atoms in total. The maximum absolute atomic E-state index is 9.04. The molecule has 0 aromatic rings. The van der Waals surface area contributed by atoms with E-state index in [2.05, 4.69) is 0 Å². The van der Waals surface area contributed by atoms with Gasteiger partial charge in [-0.15, -0.1) is 0 Å². The van der Waals surface area contributed by atoms with Crippen LogP contribution in [0.3, 0.4) is 0 Å². The second-order valence-corrected chi connectivity index (χ2v) is 0.593. The Bertz CT molecular complexity index is 71.5. The van der Waals surface area contributed by atoms with Crippen LogP contribution in [0.1, 0.15) is 0 Å². The predicted octanol–water partition coefficient (Wildman–Crippen LogP) is -1.12. The molecule has 0 aliphatic rings. The van der Waals surface area contributed by atoms with Crippen molar-refractivity contribution in [3.63, 3.8) is 0 Å². The molecule has 0 saturated carbocycles. The highest BCUT2D eigenvalue weighted by atomic mass is 16.4. The monoisotopic (exact) mass is 89.0 g/mol. The molecule has 2 radical (unpaired) electrons. The van der Waals surface area contributed by atoms with Gasteiger partial charge < -0.3 is 4.79 Å². The fourth-order valence-electron chi connectivity index (χ4n) is 0. The molecular weight excluding hydrogens is 88.0 g/mol. The van der Waals surface area contributed by atoms with Crippen molar-refractivity contribution < 1.29 is 19.8 Å². The van der Waals surface area contributed by atoms with Gasteiger partial charge in [0.25, 0.3) is 0 Å². The molecule has 6 heavy (non-hydrogen) atoms. The Hall–Kier alpha value is -1.06. The van der Waals surface area contributed by atoms with Crippen LogP contribution in [-0.4, -0.2) is 16.7 Å². The standard InChI is InChI=1S/C2O4/c3-1(4)2(5)6/p+1. The van der Waals surface area contributed by atoms with Crippen LogP contribution in [0.2, 0.25) is 0 Å². The molecule has 0 spiro atoms. The molecule has 0 aliphatic carbocycles. The SMILES string of the molecule is [O]C(=O)C([O])=[OH+]. The summed E-state index contributed by atoms with van der Waals surface area (Å²) in [6.07, 6.45) is 0. The van der Waals surface area contributed by atoms with Gasteiger partial charge in [-0.05, 0) is 0 Å². The van der Waals surface area contributed by atoms with E-state index in [1.807, 2.05) is 0 Å². The van der Waals surface area contributed by atoms with Crippen LogP contribution in [-0.2, 0) is 15.0 Å². The molecule has 0 saturated heterocycles. The summed E-state index contributed by atoms with van der Waals surface area (Å²) >= 11 is 0. The lowest BCUT2D eigenvalue weighted by Crippen LogP contribution is -2.06. The Morgan fingerprint density at radius 2 is 1.50 bits per heavy atom. The van der Waals surface area contributed by atoms with Gasteiger partial charge in [-0.2, -0.15) is 0 Å². The molecule has 0 unspecified atom stereocenters. The average molecular weight is 89.0 g/mol. The third kappa shape index (κ3) is 1.28. The maximum atomic E-state index is 9.04. The smallest absolute Gasteiger partial charge is 0.324 e. The molecule has 0 aliphatic heterocycles. The van der Waals surface area contributed by atoms with Gasteiger partial charge in [-0.1, -0.05) is 0 Å². The van der Waals surface area contributed by atoms with Gasteiger partial charge in [-0.25, -0.2) is 9.90 Å². The minimum atomic E-state index is -2.07. The van der Waals surface area contributed by atoms with Crippen molar-refractivity contribution in [3.8, 4) is 0 Å². The first-order valence-corrected chi connectivity index (χ1v) is 1.09. The Kier molecular flexibility index (Phi) is 1.15. The zero-order chi connectivity index (χ0) is 5.15. The van der Waals surface area contributed by atoms with Crippen LogP contribution in [0, 0.1) is 0 Å². The van der Waals surface area contributed by atoms with E-state index in [0.29, 0.717) is 0 Å². The fourth-order valence-corrected chi connectivity index (χ4v) is 0. The summed E-state index contributed by atoms with van der Waals surface area (Å²) in [5.41, 5.74) is 0. The van der Waals surface area contributed by atoms with E-state index in [4.69, 9.17) is 19.8 Å². The van der Waals surface area contributed by atoms with E-state index in [-0.39, 0.29) is 0 Å². The number of rotatable bonds is 0. The predicted molar refractivity (Wildman–Crippen MR) is 13.3 cm³/mol. The lowest BCUT2D eigenvalue weighted by Gasteiger charge is -1.51. The van der Waals surface area contributed by atoms with E-state index < -0.39 is 11.9 Å². The van der Waals surface area contributed by atoms with E-state index >= 15 is 0 Å². The molecule has 0 aromatic heterocycles. The maximum Gasteiger partial charge on any atom is 0.688 e. The summed E-state index contributed by atoms with van der Waals surface area (Å²) < 4.78 is 0. The quantitative estimate of drug-likeness (QED) is 0.273. The topological polar surface area (TPSA) is 78.3 Å². The minimum absolute atomic E-state index is 1.94. The Balaban J connectivity index is 3.57. The molecule has 0 aromatic carbocycles. The Morgan fingerprint density at radius 1 is 1.33 bits per heavy atom. The molecule has 0 bridgehead atoms. The van der Waals surface area contributed by atoms with Crippen LogP contribution in [0.15, 0.2) is 0 Å². The highest BCUT2D eigenvalue weighted by Crippen LogP contribution is 1.59. The van der Waals surface area contributed by atoms with Crippen molar-refractivity contribution in [2.45, 2.75) is 0 Å². The van der Waals surface area contributed by atoms with Crippen LogP contribution in [0.5, 0.6) is 0 Å². The summed E-state index contributed by atoms with van der Waals surface area (Å²) in [6.45, 7) is 0. The molecule has 0 fully saturated rings. The van der Waals surface area contributed by atoms with E-state index in [1.54, 1.807) is 0 Å². The average Bonchev–Trinajstić information content (AvgIpc) is 1.36. The summed E-state index contributed by atoms with van der Waals surface area (Å²) in [5.74, 6) is -4.01. The van der Waals surface area contributed by atoms with Gasteiger partial charge >= 0.3 is 11.9 Å². The molecule has 0 rings (SSSR count). The minimum Gasteiger partial charge on any atom is -0.324 e. The zero-order valence-corrected chi connectivity index (χ0v) is 2.67. The van der Waals surface area contributed by atoms with Crippen molar-refractivity contribution in [3.05, 3.63) is 0 Å². The third-order valence-corrected chi connectivity index (χ3v) is 0.175. The van der Waals surface area contributed by atoms with E-state index in [9.17, 15) is 0 Å². The van der Waals surface area contributed by atoms with Crippen molar-refractivity contribution in [2.75, 3.05) is 0 Å². The Morgan fingerprint density at radius 3 is 1.50 bits per heavy atom. The number of carbonyl (C=O) groups excluding carboxylic acids is 2. The van der Waals surface area contributed by atoms with Crippen molar-refractivity contribution in [2.24, 2.45) is 0 Å². The van der Waals surface area contributed by atoms with Gasteiger partial charge in [0.2, 0.25) is 0 Å². The van der Waals surface area contributed by atoms with Crippen molar-refractivity contribution >= 4 is 11.9 Å². The van der Waals surface area contributed by atoms with Gasteiger partial charge in [0.1, 0.15) is 0 Å². The summed E-state index contributed by atoms with van der Waals surface area (Å²) in [6, 6.07) is 0. The van der Waals surface area contributed by atoms with Crippen LogP contribution < -0.4 is 0 Å². The summed E-state index contributed by atoms with van der Waals surface area (Å²) in [4.78, 5) is 16.3. The Labute approximate surface area is 33.0 Å². The number of hydrogen-bond donors (Lipinski definition) is 0. The molecular formula is C2HO4+. The fraction of sp³-hybridized carbons (Fsp3) is 0. The first kappa shape index (κ1) is 4.94. The van der Waals surface area contributed by atoms with Gasteiger partial charge in [0.05, 0.1) is 5.11 Å². The van der Waals surface area contributed by atoms with E-state index in [0.717, 1.165) is 0 Å². The van der Waals surface area contributed by atoms with Gasteiger partial charge in [-0.3, -0.25) is 0 Å². The first-order valence-electron chi connectivity index (χ1n) is 1.09. The highest BCUT2D eigenvalue weighted by molar-refractivity contribution is 6.27. The van der Waals surface area contributed by atoms with E-state index in [1.165, 1.54) is 0 Å². The van der Waals surface area contributed by atoms with Crippen LogP contribution >= 0.6 is 0 Å².